The maximum Gasteiger partial charge on any atom is 0.417 e. The zero-order valence-corrected chi connectivity index (χ0v) is 10.0. The molecule has 0 aliphatic carbocycles. The lowest BCUT2D eigenvalue weighted by Crippen LogP contribution is -2.20. The van der Waals surface area contributed by atoms with Crippen molar-refractivity contribution >= 4 is 22.8 Å². The van der Waals surface area contributed by atoms with E-state index in [9.17, 15) is 14.7 Å². The fourth-order valence-corrected chi connectivity index (χ4v) is 1.69. The normalized spacial score (nSPS) is 12.5. The number of hydrogen-bond acceptors (Lipinski definition) is 5. The van der Waals surface area contributed by atoms with Gasteiger partial charge in [-0.3, -0.25) is 9.78 Å². The van der Waals surface area contributed by atoms with Crippen molar-refractivity contribution in [1.82, 2.24) is 4.98 Å². The number of benzene rings is 1. The van der Waals surface area contributed by atoms with Crippen LogP contribution in [0.1, 0.15) is 12.8 Å². The molecule has 2 rings (SSSR count). The van der Waals surface area contributed by atoms with Crippen molar-refractivity contribution in [2.24, 2.45) is 0 Å². The predicted octanol–water partition coefficient (Wildman–Crippen LogP) is 0.759. The van der Waals surface area contributed by atoms with Crippen LogP contribution >= 0.6 is 0 Å². The minimum atomic E-state index is -0.934. The molecule has 7 nitrogen and oxygen atoms in total. The van der Waals surface area contributed by atoms with Crippen LogP contribution in [0.4, 0.5) is 5.69 Å². The van der Waals surface area contributed by atoms with E-state index in [1.165, 1.54) is 0 Å². The van der Waals surface area contributed by atoms with Crippen molar-refractivity contribution < 1.29 is 19.4 Å². The Morgan fingerprint density at radius 2 is 2.26 bits per heavy atom. The Morgan fingerprint density at radius 3 is 3.00 bits per heavy atom. The minimum absolute atomic E-state index is 0.0725. The van der Waals surface area contributed by atoms with E-state index in [1.807, 2.05) is 0 Å². The number of aliphatic hydroxyl groups is 1. The largest absolute Gasteiger partial charge is 0.481 e. The summed E-state index contributed by atoms with van der Waals surface area (Å²) in [5.41, 5.74) is 1.73. The second kappa shape index (κ2) is 5.57. The monoisotopic (exact) mass is 266 g/mol. The summed E-state index contributed by atoms with van der Waals surface area (Å²) in [6, 6.07) is 5.03. The van der Waals surface area contributed by atoms with Gasteiger partial charge in [0.15, 0.2) is 5.58 Å². The van der Waals surface area contributed by atoms with E-state index in [1.54, 1.807) is 18.2 Å². The highest BCUT2D eigenvalue weighted by Gasteiger charge is 2.07. The highest BCUT2D eigenvalue weighted by molar-refractivity contribution is 5.76. The topological polar surface area (TPSA) is 116 Å². The van der Waals surface area contributed by atoms with Crippen LogP contribution in [0.3, 0.4) is 0 Å². The molecule has 0 spiro atoms. The average molecular weight is 266 g/mol. The van der Waals surface area contributed by atoms with Gasteiger partial charge in [-0.15, -0.1) is 0 Å². The first-order valence-corrected chi connectivity index (χ1v) is 5.81. The third kappa shape index (κ3) is 3.59. The summed E-state index contributed by atoms with van der Waals surface area (Å²) >= 11 is 0. The Morgan fingerprint density at radius 1 is 1.47 bits per heavy atom. The summed E-state index contributed by atoms with van der Waals surface area (Å²) < 4.78 is 4.86. The van der Waals surface area contributed by atoms with Crippen LogP contribution in [-0.2, 0) is 4.79 Å². The van der Waals surface area contributed by atoms with Crippen LogP contribution in [0.5, 0.6) is 0 Å². The third-order valence-electron chi connectivity index (χ3n) is 2.65. The lowest BCUT2D eigenvalue weighted by atomic mass is 10.2. The molecule has 1 unspecified atom stereocenters. The third-order valence-corrected chi connectivity index (χ3v) is 2.65. The fraction of sp³-hybridized carbons (Fsp3) is 0.333. The van der Waals surface area contributed by atoms with E-state index in [-0.39, 0.29) is 19.4 Å². The highest BCUT2D eigenvalue weighted by atomic mass is 16.4. The second-order valence-electron chi connectivity index (χ2n) is 4.19. The number of carboxylic acid groups (broad SMARTS) is 1. The maximum absolute atomic E-state index is 11.0. The highest BCUT2D eigenvalue weighted by Crippen LogP contribution is 2.16. The second-order valence-corrected chi connectivity index (χ2v) is 4.19. The number of aliphatic hydroxyl groups excluding tert-OH is 1. The zero-order chi connectivity index (χ0) is 13.8. The Labute approximate surface area is 107 Å². The Balaban J connectivity index is 1.93. The molecular weight excluding hydrogens is 252 g/mol. The number of H-pyrrole nitrogens is 1. The van der Waals surface area contributed by atoms with E-state index in [2.05, 4.69) is 10.3 Å². The number of hydrogen-bond donors (Lipinski definition) is 4. The van der Waals surface area contributed by atoms with Crippen LogP contribution in [-0.4, -0.2) is 33.8 Å². The number of anilines is 1. The molecule has 0 aliphatic rings. The van der Waals surface area contributed by atoms with Gasteiger partial charge in [0.1, 0.15) is 0 Å². The quantitative estimate of drug-likeness (QED) is 0.613. The Bertz CT molecular complexity index is 630. The maximum atomic E-state index is 11.0. The van der Waals surface area contributed by atoms with Crippen molar-refractivity contribution in [1.29, 1.82) is 0 Å². The summed E-state index contributed by atoms with van der Waals surface area (Å²) in [5.74, 6) is -1.45. The van der Waals surface area contributed by atoms with Crippen molar-refractivity contribution in [3.63, 3.8) is 0 Å². The number of carboxylic acids is 1. The first-order valence-electron chi connectivity index (χ1n) is 5.81. The molecule has 19 heavy (non-hydrogen) atoms. The van der Waals surface area contributed by atoms with Gasteiger partial charge in [-0.25, -0.2) is 4.79 Å². The van der Waals surface area contributed by atoms with Crippen LogP contribution in [0, 0.1) is 0 Å². The molecule has 1 aromatic carbocycles. The lowest BCUT2D eigenvalue weighted by Gasteiger charge is -2.11. The van der Waals surface area contributed by atoms with Crippen LogP contribution in [0.15, 0.2) is 27.4 Å². The molecule has 102 valence electrons. The molecule has 0 saturated carbocycles. The minimum Gasteiger partial charge on any atom is -0.481 e. The molecule has 0 radical (unpaired) electrons. The van der Waals surface area contributed by atoms with Gasteiger partial charge in [-0.05, 0) is 24.6 Å². The van der Waals surface area contributed by atoms with Gasteiger partial charge in [0, 0.05) is 18.7 Å². The average Bonchev–Trinajstić information content (AvgIpc) is 2.73. The van der Waals surface area contributed by atoms with Crippen molar-refractivity contribution in [3.8, 4) is 0 Å². The van der Waals surface area contributed by atoms with Gasteiger partial charge in [0.25, 0.3) is 0 Å². The van der Waals surface area contributed by atoms with Gasteiger partial charge in [0.05, 0.1) is 11.6 Å². The van der Waals surface area contributed by atoms with Crippen molar-refractivity contribution in [2.75, 3.05) is 11.9 Å². The van der Waals surface area contributed by atoms with Crippen molar-refractivity contribution in [2.45, 2.75) is 18.9 Å². The number of fused-ring (bicyclic) bond motifs is 1. The number of rotatable bonds is 6. The summed E-state index contributed by atoms with van der Waals surface area (Å²) in [4.78, 5) is 23.9. The van der Waals surface area contributed by atoms with Gasteiger partial charge in [0.2, 0.25) is 0 Å². The molecule has 1 aromatic heterocycles. The molecule has 4 N–H and O–H groups in total. The summed E-state index contributed by atoms with van der Waals surface area (Å²) in [6.45, 7) is 0.237. The number of nitrogens with one attached hydrogen (secondary N) is 2. The van der Waals surface area contributed by atoms with Gasteiger partial charge in [-0.2, -0.15) is 0 Å². The molecule has 7 heteroatoms. The van der Waals surface area contributed by atoms with E-state index >= 15 is 0 Å². The first-order chi connectivity index (χ1) is 9.04. The molecule has 0 saturated heterocycles. The zero-order valence-electron chi connectivity index (χ0n) is 10.0. The van der Waals surface area contributed by atoms with E-state index < -0.39 is 17.8 Å². The molecule has 1 atom stereocenters. The Hall–Kier alpha value is -2.28. The molecule has 0 fully saturated rings. The molecular formula is C12H14N2O5. The van der Waals surface area contributed by atoms with E-state index in [0.29, 0.717) is 16.8 Å². The number of oxazole rings is 1. The summed E-state index contributed by atoms with van der Waals surface area (Å²) in [5, 5.41) is 21.0. The standard InChI is InChI=1S/C12H14N2O5/c15-8(2-4-11(16)17)6-13-7-1-3-10-9(5-7)14-12(18)19-10/h1,3,5,8,13,15H,2,4,6H2,(H,14,18)(H,16,17). The summed E-state index contributed by atoms with van der Waals surface area (Å²) in [6.07, 6.45) is -0.625. The molecule has 0 bridgehead atoms. The Kier molecular flexibility index (Phi) is 3.86. The first kappa shape index (κ1) is 13.2. The molecule has 0 aliphatic heterocycles. The van der Waals surface area contributed by atoms with Crippen molar-refractivity contribution in [3.05, 3.63) is 28.7 Å². The van der Waals surface area contributed by atoms with Crippen LogP contribution < -0.4 is 11.1 Å². The number of aliphatic carboxylic acids is 1. The van der Waals surface area contributed by atoms with E-state index in [0.717, 1.165) is 0 Å². The smallest absolute Gasteiger partial charge is 0.417 e. The molecule has 0 amide bonds. The van der Waals surface area contributed by atoms with Crippen LogP contribution in [0.2, 0.25) is 0 Å². The fourth-order valence-electron chi connectivity index (χ4n) is 1.69. The van der Waals surface area contributed by atoms with Gasteiger partial charge in [-0.1, -0.05) is 0 Å². The molecule has 2 aromatic rings. The number of aromatic amines is 1. The predicted molar refractivity (Wildman–Crippen MR) is 68.2 cm³/mol. The van der Waals surface area contributed by atoms with Crippen LogP contribution in [0.25, 0.3) is 11.1 Å². The van der Waals surface area contributed by atoms with Gasteiger partial charge >= 0.3 is 11.7 Å². The van der Waals surface area contributed by atoms with Gasteiger partial charge < -0.3 is 19.9 Å². The van der Waals surface area contributed by atoms with E-state index in [4.69, 9.17) is 9.52 Å². The lowest BCUT2D eigenvalue weighted by molar-refractivity contribution is -0.137. The number of carbonyl (C=O) groups is 1. The molecule has 1 heterocycles. The number of aromatic nitrogens is 1. The SMILES string of the molecule is O=C(O)CCC(O)CNc1ccc2oc(=O)[nH]c2c1. The summed E-state index contributed by atoms with van der Waals surface area (Å²) in [7, 11) is 0.